The van der Waals surface area contributed by atoms with E-state index >= 15 is 0 Å². The molecule has 0 fully saturated rings. The molecule has 4 nitrogen and oxygen atoms in total. The van der Waals surface area contributed by atoms with Gasteiger partial charge in [-0.3, -0.25) is 14.3 Å². The van der Waals surface area contributed by atoms with E-state index in [4.69, 9.17) is 11.6 Å². The van der Waals surface area contributed by atoms with E-state index < -0.39 is 11.2 Å². The van der Waals surface area contributed by atoms with Crippen molar-refractivity contribution in [2.45, 2.75) is 39.7 Å². The molecule has 1 N–H and O–H groups in total. The number of aromatic amines is 1. The summed E-state index contributed by atoms with van der Waals surface area (Å²) in [6.45, 7) is 7.60. The Morgan fingerprint density at radius 2 is 1.95 bits per heavy atom. The Labute approximate surface area is 128 Å². The second-order valence-electron chi connectivity index (χ2n) is 5.80. The lowest BCUT2D eigenvalue weighted by Gasteiger charge is -2.25. The maximum Gasteiger partial charge on any atom is 0.330 e. The molecule has 1 aromatic heterocycles. The summed E-state index contributed by atoms with van der Waals surface area (Å²) in [4.78, 5) is 27.5. The first-order chi connectivity index (χ1) is 9.77. The van der Waals surface area contributed by atoms with Gasteiger partial charge in [0, 0.05) is 5.54 Å². The first-order valence-corrected chi connectivity index (χ1v) is 7.28. The number of nitrogens with one attached hydrogen (secondary N) is 1. The summed E-state index contributed by atoms with van der Waals surface area (Å²) in [6, 6.07) is 7.50. The van der Waals surface area contributed by atoms with Gasteiger partial charge in [0.1, 0.15) is 5.15 Å². The van der Waals surface area contributed by atoms with Gasteiger partial charge >= 0.3 is 5.69 Å². The molecule has 0 aliphatic carbocycles. The Kier molecular flexibility index (Phi) is 4.10. The predicted molar refractivity (Wildman–Crippen MR) is 86.1 cm³/mol. The molecule has 0 aliphatic heterocycles. The molecule has 0 saturated carbocycles. The Bertz CT molecular complexity index is 788. The van der Waals surface area contributed by atoms with E-state index in [1.54, 1.807) is 0 Å². The van der Waals surface area contributed by atoms with Crippen molar-refractivity contribution in [2.75, 3.05) is 0 Å². The monoisotopic (exact) mass is 306 g/mol. The van der Waals surface area contributed by atoms with Gasteiger partial charge in [-0.15, -0.1) is 0 Å². The number of aryl methyl sites for hydroxylation is 1. The number of hydrogen-bond donors (Lipinski definition) is 1. The third kappa shape index (κ3) is 2.81. The highest BCUT2D eigenvalue weighted by molar-refractivity contribution is 6.32. The summed E-state index contributed by atoms with van der Waals surface area (Å²) in [5, 5.41) is 0.0822. The molecule has 0 saturated heterocycles. The molecule has 5 heteroatoms. The minimum Gasteiger partial charge on any atom is -0.297 e. The van der Waals surface area contributed by atoms with E-state index in [2.05, 4.69) is 4.98 Å². The largest absolute Gasteiger partial charge is 0.330 e. The number of nitrogens with zero attached hydrogens (tertiary/aromatic N) is 1. The van der Waals surface area contributed by atoms with E-state index in [1.807, 2.05) is 52.0 Å². The van der Waals surface area contributed by atoms with Crippen LogP contribution >= 0.6 is 11.6 Å². The van der Waals surface area contributed by atoms with Crippen LogP contribution in [-0.2, 0) is 5.54 Å². The number of rotatable bonds is 3. The van der Waals surface area contributed by atoms with Crippen LogP contribution in [0.25, 0.3) is 11.1 Å². The lowest BCUT2D eigenvalue weighted by molar-refractivity contribution is 0.318. The summed E-state index contributed by atoms with van der Waals surface area (Å²) in [5.41, 5.74) is 0.654. The van der Waals surface area contributed by atoms with Crippen LogP contribution in [0.5, 0.6) is 0 Å². The van der Waals surface area contributed by atoms with Crippen molar-refractivity contribution in [3.05, 3.63) is 55.8 Å². The maximum atomic E-state index is 12.8. The smallest absolute Gasteiger partial charge is 0.297 e. The Morgan fingerprint density at radius 1 is 1.29 bits per heavy atom. The van der Waals surface area contributed by atoms with Crippen LogP contribution in [0.2, 0.25) is 5.15 Å². The van der Waals surface area contributed by atoms with Crippen molar-refractivity contribution in [1.82, 2.24) is 9.55 Å². The molecule has 2 rings (SSSR count). The summed E-state index contributed by atoms with van der Waals surface area (Å²) < 4.78 is 1.25. The minimum atomic E-state index is -0.576. The standard InChI is InChI=1S/C16H19ClN2O2/c1-5-16(3,4)19-14(20)12(13(17)18-15(19)21)11-8-6-7-10(2)9-11/h6-9H,5H2,1-4H3,(H,18,21). The van der Waals surface area contributed by atoms with Crippen molar-refractivity contribution >= 4 is 11.6 Å². The maximum absolute atomic E-state index is 12.8. The Hall–Kier alpha value is -1.81. The van der Waals surface area contributed by atoms with Crippen LogP contribution in [-0.4, -0.2) is 9.55 Å². The molecule has 0 unspecified atom stereocenters. The van der Waals surface area contributed by atoms with E-state index in [1.165, 1.54) is 4.57 Å². The first-order valence-electron chi connectivity index (χ1n) is 6.90. The lowest BCUT2D eigenvalue weighted by atomic mass is 10.0. The average Bonchev–Trinajstić information content (AvgIpc) is 2.37. The zero-order valence-electron chi connectivity index (χ0n) is 12.7. The molecular formula is C16H19ClN2O2. The van der Waals surface area contributed by atoms with Gasteiger partial charge in [0.05, 0.1) is 5.56 Å². The van der Waals surface area contributed by atoms with Crippen LogP contribution in [0.4, 0.5) is 0 Å². The number of hydrogen-bond acceptors (Lipinski definition) is 2. The van der Waals surface area contributed by atoms with Gasteiger partial charge in [-0.2, -0.15) is 0 Å². The zero-order chi connectivity index (χ0) is 15.8. The van der Waals surface area contributed by atoms with Gasteiger partial charge in [0.25, 0.3) is 5.56 Å². The van der Waals surface area contributed by atoms with Gasteiger partial charge in [0.15, 0.2) is 0 Å². The predicted octanol–water partition coefficient (Wildman–Crippen LogP) is 3.31. The SMILES string of the molecule is CCC(C)(C)n1c(=O)[nH]c(Cl)c(-c2cccc(C)c2)c1=O. The summed E-state index contributed by atoms with van der Waals surface area (Å²) in [6.07, 6.45) is 0.658. The quantitative estimate of drug-likeness (QED) is 0.885. The Morgan fingerprint density at radius 3 is 2.52 bits per heavy atom. The number of halogens is 1. The van der Waals surface area contributed by atoms with Gasteiger partial charge in [-0.05, 0) is 32.8 Å². The summed E-state index contributed by atoms with van der Waals surface area (Å²) >= 11 is 6.12. The van der Waals surface area contributed by atoms with Gasteiger partial charge in [-0.1, -0.05) is 48.4 Å². The van der Waals surface area contributed by atoms with Crippen molar-refractivity contribution < 1.29 is 0 Å². The van der Waals surface area contributed by atoms with Crippen LogP contribution in [0.1, 0.15) is 32.8 Å². The van der Waals surface area contributed by atoms with Gasteiger partial charge in [0.2, 0.25) is 0 Å². The van der Waals surface area contributed by atoms with Gasteiger partial charge in [-0.25, -0.2) is 4.79 Å². The number of benzene rings is 1. The summed E-state index contributed by atoms with van der Waals surface area (Å²) in [7, 11) is 0. The van der Waals surface area contributed by atoms with Crippen molar-refractivity contribution in [3.63, 3.8) is 0 Å². The van der Waals surface area contributed by atoms with E-state index in [-0.39, 0.29) is 10.7 Å². The minimum absolute atomic E-state index is 0.0822. The molecule has 0 spiro atoms. The molecule has 1 aromatic carbocycles. The fourth-order valence-electron chi connectivity index (χ4n) is 2.27. The molecule has 21 heavy (non-hydrogen) atoms. The molecule has 0 aliphatic rings. The number of H-pyrrole nitrogens is 1. The van der Waals surface area contributed by atoms with E-state index in [0.717, 1.165) is 5.56 Å². The van der Waals surface area contributed by atoms with Crippen LogP contribution < -0.4 is 11.2 Å². The molecule has 0 amide bonds. The fourth-order valence-corrected chi connectivity index (χ4v) is 2.54. The molecule has 0 atom stereocenters. The Balaban J connectivity index is 2.84. The zero-order valence-corrected chi connectivity index (χ0v) is 13.4. The van der Waals surface area contributed by atoms with Crippen molar-refractivity contribution in [1.29, 1.82) is 0 Å². The molecule has 2 aromatic rings. The topological polar surface area (TPSA) is 54.9 Å². The lowest BCUT2D eigenvalue weighted by Crippen LogP contribution is -2.46. The highest BCUT2D eigenvalue weighted by Crippen LogP contribution is 2.24. The highest BCUT2D eigenvalue weighted by Gasteiger charge is 2.25. The van der Waals surface area contributed by atoms with E-state index in [9.17, 15) is 9.59 Å². The molecule has 1 heterocycles. The molecular weight excluding hydrogens is 288 g/mol. The molecule has 0 bridgehead atoms. The highest BCUT2D eigenvalue weighted by atomic mass is 35.5. The fraction of sp³-hybridized carbons (Fsp3) is 0.375. The average molecular weight is 307 g/mol. The van der Waals surface area contributed by atoms with Crippen molar-refractivity contribution in [2.24, 2.45) is 0 Å². The van der Waals surface area contributed by atoms with Crippen molar-refractivity contribution in [3.8, 4) is 11.1 Å². The van der Waals surface area contributed by atoms with Gasteiger partial charge < -0.3 is 0 Å². The van der Waals surface area contributed by atoms with Crippen LogP contribution in [0.15, 0.2) is 33.9 Å². The third-order valence-corrected chi connectivity index (χ3v) is 4.12. The first kappa shape index (κ1) is 15.6. The summed E-state index contributed by atoms with van der Waals surface area (Å²) in [5.74, 6) is 0. The van der Waals surface area contributed by atoms with Crippen LogP contribution in [0.3, 0.4) is 0 Å². The number of aromatic nitrogens is 2. The van der Waals surface area contributed by atoms with Crippen LogP contribution in [0, 0.1) is 6.92 Å². The normalized spacial score (nSPS) is 11.7. The molecule has 112 valence electrons. The molecule has 0 radical (unpaired) electrons. The van der Waals surface area contributed by atoms with E-state index in [0.29, 0.717) is 17.5 Å². The second-order valence-corrected chi connectivity index (χ2v) is 6.17. The second kappa shape index (κ2) is 5.53. The third-order valence-electron chi connectivity index (χ3n) is 3.83.